The van der Waals surface area contributed by atoms with Crippen molar-refractivity contribution in [3.05, 3.63) is 64.9 Å². The van der Waals surface area contributed by atoms with Gasteiger partial charge >= 0.3 is 11.9 Å². The summed E-state index contributed by atoms with van der Waals surface area (Å²) in [5.74, 6) is 1.12. The van der Waals surface area contributed by atoms with Crippen LogP contribution in [0.15, 0.2) is 46.9 Å². The molecule has 0 fully saturated rings. The molecular weight excluding hydrogens is 428 g/mol. The summed E-state index contributed by atoms with van der Waals surface area (Å²) in [5.41, 5.74) is 1.51. The van der Waals surface area contributed by atoms with E-state index in [0.717, 1.165) is 5.56 Å². The Hall–Kier alpha value is -3.94. The summed E-state index contributed by atoms with van der Waals surface area (Å²) in [6, 6.07) is 12.4. The Balaban J connectivity index is 1.84. The number of fused-ring (bicyclic) bond motifs is 1. The normalized spacial score (nSPS) is 11.8. The van der Waals surface area contributed by atoms with Crippen molar-refractivity contribution in [2.45, 2.75) is 20.3 Å². The van der Waals surface area contributed by atoms with Crippen LogP contribution in [0.25, 0.3) is 11.3 Å². The minimum Gasteiger partial charge on any atom is -0.497 e. The van der Waals surface area contributed by atoms with Gasteiger partial charge in [0.05, 0.1) is 20.3 Å². The SMILES string of the molecule is CCOC(=O)c1c(Cc2ccc3c(c2)OCO3)oc(-c2ccc(OC)cc2)c1C(=O)OCC. The number of rotatable bonds is 8. The van der Waals surface area contributed by atoms with E-state index < -0.39 is 11.9 Å². The largest absolute Gasteiger partial charge is 0.497 e. The van der Waals surface area contributed by atoms with Gasteiger partial charge < -0.3 is 28.1 Å². The summed E-state index contributed by atoms with van der Waals surface area (Å²) in [4.78, 5) is 25.9. The third-order valence-corrected chi connectivity index (χ3v) is 5.09. The van der Waals surface area contributed by atoms with E-state index in [4.69, 9.17) is 28.1 Å². The van der Waals surface area contributed by atoms with Crippen molar-refractivity contribution < 1.29 is 37.7 Å². The van der Waals surface area contributed by atoms with Crippen LogP contribution in [0, 0.1) is 0 Å². The summed E-state index contributed by atoms with van der Waals surface area (Å²) in [5, 5.41) is 0. The van der Waals surface area contributed by atoms with E-state index in [9.17, 15) is 9.59 Å². The van der Waals surface area contributed by atoms with Crippen LogP contribution >= 0.6 is 0 Å². The molecule has 172 valence electrons. The number of methoxy groups -OCH3 is 1. The molecule has 33 heavy (non-hydrogen) atoms. The molecule has 0 N–H and O–H groups in total. The number of hydrogen-bond acceptors (Lipinski definition) is 8. The van der Waals surface area contributed by atoms with Crippen LogP contribution in [-0.2, 0) is 15.9 Å². The van der Waals surface area contributed by atoms with E-state index in [-0.39, 0.29) is 43.3 Å². The third-order valence-electron chi connectivity index (χ3n) is 5.09. The van der Waals surface area contributed by atoms with Crippen LogP contribution in [0.5, 0.6) is 17.2 Å². The highest BCUT2D eigenvalue weighted by Gasteiger charge is 2.33. The topological polar surface area (TPSA) is 93.4 Å². The molecule has 0 saturated carbocycles. The third kappa shape index (κ3) is 4.50. The lowest BCUT2D eigenvalue weighted by Crippen LogP contribution is -2.14. The predicted molar refractivity (Wildman–Crippen MR) is 118 cm³/mol. The van der Waals surface area contributed by atoms with Gasteiger partial charge in [0.25, 0.3) is 0 Å². The lowest BCUT2D eigenvalue weighted by atomic mass is 10.0. The quantitative estimate of drug-likeness (QED) is 0.457. The van der Waals surface area contributed by atoms with Crippen LogP contribution in [0.1, 0.15) is 45.9 Å². The first kappa shape index (κ1) is 22.3. The molecule has 0 aliphatic carbocycles. The molecule has 0 unspecified atom stereocenters. The zero-order chi connectivity index (χ0) is 23.4. The second kappa shape index (κ2) is 9.68. The minimum absolute atomic E-state index is 0.0382. The minimum atomic E-state index is -0.660. The lowest BCUT2D eigenvalue weighted by Gasteiger charge is -2.07. The van der Waals surface area contributed by atoms with Crippen molar-refractivity contribution in [2.24, 2.45) is 0 Å². The Morgan fingerprint density at radius 2 is 1.55 bits per heavy atom. The number of hydrogen-bond donors (Lipinski definition) is 0. The first-order valence-electron chi connectivity index (χ1n) is 10.6. The molecule has 1 aliphatic heterocycles. The Labute approximate surface area is 191 Å². The van der Waals surface area contributed by atoms with Crippen molar-refractivity contribution in [3.63, 3.8) is 0 Å². The van der Waals surface area contributed by atoms with Gasteiger partial charge in [0.2, 0.25) is 6.79 Å². The fourth-order valence-corrected chi connectivity index (χ4v) is 3.60. The molecule has 0 atom stereocenters. The molecule has 0 radical (unpaired) electrons. The Bertz CT molecular complexity index is 1160. The number of ether oxygens (including phenoxy) is 5. The maximum atomic E-state index is 13.0. The van der Waals surface area contributed by atoms with Crippen molar-refractivity contribution in [1.82, 2.24) is 0 Å². The summed E-state index contributed by atoms with van der Waals surface area (Å²) in [7, 11) is 1.56. The highest BCUT2D eigenvalue weighted by Crippen LogP contribution is 2.37. The lowest BCUT2D eigenvalue weighted by molar-refractivity contribution is 0.0480. The molecule has 0 spiro atoms. The van der Waals surface area contributed by atoms with E-state index in [2.05, 4.69) is 0 Å². The van der Waals surface area contributed by atoms with Crippen LogP contribution in [0.3, 0.4) is 0 Å². The van der Waals surface area contributed by atoms with Gasteiger partial charge in [0, 0.05) is 12.0 Å². The molecule has 4 rings (SSSR count). The fraction of sp³-hybridized carbons (Fsp3) is 0.280. The number of furan rings is 1. The molecule has 0 saturated heterocycles. The van der Waals surface area contributed by atoms with E-state index in [0.29, 0.717) is 28.6 Å². The number of carbonyl (C=O) groups excluding carboxylic acids is 2. The first-order chi connectivity index (χ1) is 16.0. The molecular formula is C25H24O8. The first-order valence-corrected chi connectivity index (χ1v) is 10.6. The summed E-state index contributed by atoms with van der Waals surface area (Å²) in [6.07, 6.45) is 0.230. The van der Waals surface area contributed by atoms with Crippen LogP contribution in [-0.4, -0.2) is 39.1 Å². The fourth-order valence-electron chi connectivity index (χ4n) is 3.60. The monoisotopic (exact) mass is 452 g/mol. The summed E-state index contributed by atoms with van der Waals surface area (Å²) >= 11 is 0. The van der Waals surface area contributed by atoms with E-state index in [1.54, 1.807) is 51.3 Å². The maximum Gasteiger partial charge on any atom is 0.342 e. The summed E-state index contributed by atoms with van der Waals surface area (Å²) in [6.45, 7) is 3.84. The van der Waals surface area contributed by atoms with Gasteiger partial charge in [-0.3, -0.25) is 0 Å². The maximum absolute atomic E-state index is 13.0. The van der Waals surface area contributed by atoms with E-state index in [1.165, 1.54) is 0 Å². The molecule has 1 aliphatic rings. The van der Waals surface area contributed by atoms with Crippen LogP contribution in [0.4, 0.5) is 0 Å². The van der Waals surface area contributed by atoms with Crippen molar-refractivity contribution in [2.75, 3.05) is 27.1 Å². The van der Waals surface area contributed by atoms with Crippen molar-refractivity contribution in [1.29, 1.82) is 0 Å². The molecule has 0 amide bonds. The molecule has 1 aromatic heterocycles. The molecule has 8 nitrogen and oxygen atoms in total. The van der Waals surface area contributed by atoms with Gasteiger partial charge in [-0.05, 0) is 55.8 Å². The zero-order valence-electron chi connectivity index (χ0n) is 18.6. The molecule has 8 heteroatoms. The number of benzene rings is 2. The van der Waals surface area contributed by atoms with E-state index in [1.807, 2.05) is 12.1 Å². The van der Waals surface area contributed by atoms with Crippen molar-refractivity contribution >= 4 is 11.9 Å². The van der Waals surface area contributed by atoms with Crippen LogP contribution < -0.4 is 14.2 Å². The average Bonchev–Trinajstić information content (AvgIpc) is 3.44. The van der Waals surface area contributed by atoms with Gasteiger partial charge in [-0.1, -0.05) is 6.07 Å². The highest BCUT2D eigenvalue weighted by atomic mass is 16.7. The molecule has 0 bridgehead atoms. The van der Waals surface area contributed by atoms with Gasteiger partial charge in [-0.15, -0.1) is 0 Å². The molecule has 3 aromatic rings. The van der Waals surface area contributed by atoms with Gasteiger partial charge in [-0.25, -0.2) is 9.59 Å². The zero-order valence-corrected chi connectivity index (χ0v) is 18.6. The standard InChI is InChI=1S/C25H24O8/c1-4-29-24(26)21-20(13-15-6-11-18-19(12-15)32-14-31-18)33-23(22(21)25(27)30-5-2)16-7-9-17(28-3)10-8-16/h6-12H,4-5,13-14H2,1-3H3. The van der Waals surface area contributed by atoms with Gasteiger partial charge in [-0.2, -0.15) is 0 Å². The summed E-state index contributed by atoms with van der Waals surface area (Å²) < 4.78 is 32.7. The Morgan fingerprint density at radius 3 is 2.21 bits per heavy atom. The van der Waals surface area contributed by atoms with Crippen LogP contribution in [0.2, 0.25) is 0 Å². The number of carbonyl (C=O) groups is 2. The second-order valence-electron chi connectivity index (χ2n) is 7.14. The van der Waals surface area contributed by atoms with E-state index >= 15 is 0 Å². The van der Waals surface area contributed by atoms with Crippen molar-refractivity contribution in [3.8, 4) is 28.6 Å². The smallest absolute Gasteiger partial charge is 0.342 e. The Morgan fingerprint density at radius 1 is 0.879 bits per heavy atom. The average molecular weight is 452 g/mol. The second-order valence-corrected chi connectivity index (χ2v) is 7.14. The Kier molecular flexibility index (Phi) is 6.53. The predicted octanol–water partition coefficient (Wildman–Crippen LogP) is 4.63. The molecule has 2 heterocycles. The van der Waals surface area contributed by atoms with Gasteiger partial charge in [0.1, 0.15) is 28.4 Å². The van der Waals surface area contributed by atoms with Gasteiger partial charge in [0.15, 0.2) is 11.5 Å². The number of esters is 2. The molecule has 2 aromatic carbocycles. The highest BCUT2D eigenvalue weighted by molar-refractivity contribution is 6.08.